The van der Waals surface area contributed by atoms with E-state index in [0.717, 1.165) is 19.5 Å². The third kappa shape index (κ3) is 4.81. The fourth-order valence-electron chi connectivity index (χ4n) is 1.70. The van der Waals surface area contributed by atoms with Crippen molar-refractivity contribution < 1.29 is 9.53 Å². The highest BCUT2D eigenvalue weighted by Gasteiger charge is 2.23. The highest BCUT2D eigenvalue weighted by Crippen LogP contribution is 2.09. The van der Waals surface area contributed by atoms with E-state index in [4.69, 9.17) is 10.5 Å². The van der Waals surface area contributed by atoms with E-state index in [1.807, 2.05) is 20.8 Å². The Kier molecular flexibility index (Phi) is 4.56. The third-order valence-corrected chi connectivity index (χ3v) is 2.57. The summed E-state index contributed by atoms with van der Waals surface area (Å²) in [6.07, 6.45) is 0.589. The molecule has 2 atom stereocenters. The zero-order valence-electron chi connectivity index (χ0n) is 10.4. The van der Waals surface area contributed by atoms with Crippen LogP contribution < -0.4 is 16.4 Å². The van der Waals surface area contributed by atoms with Gasteiger partial charge in [0.05, 0.1) is 0 Å². The molecule has 0 aliphatic carbocycles. The topological polar surface area (TPSA) is 76.4 Å². The Morgan fingerprint density at radius 3 is 2.81 bits per heavy atom. The van der Waals surface area contributed by atoms with Crippen LogP contribution in [0.1, 0.15) is 27.2 Å². The lowest BCUT2D eigenvalue weighted by Gasteiger charge is -2.29. The maximum atomic E-state index is 11.4. The Labute approximate surface area is 97.1 Å². The lowest BCUT2D eigenvalue weighted by atomic mass is 9.94. The molecular formula is C11H23N3O2. The molecular weight excluding hydrogens is 206 g/mol. The van der Waals surface area contributed by atoms with Crippen LogP contribution in [0, 0.1) is 5.92 Å². The number of piperidine rings is 1. The number of nitrogens with one attached hydrogen (secondary N) is 2. The summed E-state index contributed by atoms with van der Waals surface area (Å²) >= 11 is 0. The third-order valence-electron chi connectivity index (χ3n) is 2.57. The van der Waals surface area contributed by atoms with Crippen molar-refractivity contribution in [1.29, 1.82) is 0 Å². The number of hydrogen-bond acceptors (Lipinski definition) is 4. The van der Waals surface area contributed by atoms with Gasteiger partial charge in [-0.1, -0.05) is 0 Å². The van der Waals surface area contributed by atoms with Crippen molar-refractivity contribution in [3.63, 3.8) is 0 Å². The molecule has 5 nitrogen and oxygen atoms in total. The minimum absolute atomic E-state index is 0.163. The molecule has 1 amide bonds. The van der Waals surface area contributed by atoms with E-state index in [1.165, 1.54) is 0 Å². The molecule has 5 heteroatoms. The van der Waals surface area contributed by atoms with E-state index in [9.17, 15) is 4.79 Å². The number of alkyl carbamates (subject to hydrolysis) is 1. The van der Waals surface area contributed by atoms with E-state index >= 15 is 0 Å². The van der Waals surface area contributed by atoms with Crippen molar-refractivity contribution in [2.75, 3.05) is 19.6 Å². The summed E-state index contributed by atoms with van der Waals surface area (Å²) < 4.78 is 5.15. The molecule has 16 heavy (non-hydrogen) atoms. The molecule has 0 spiro atoms. The fraction of sp³-hybridized carbons (Fsp3) is 0.909. The second kappa shape index (κ2) is 5.50. The van der Waals surface area contributed by atoms with Gasteiger partial charge in [-0.3, -0.25) is 0 Å². The largest absolute Gasteiger partial charge is 0.444 e. The Morgan fingerprint density at radius 2 is 2.25 bits per heavy atom. The van der Waals surface area contributed by atoms with Crippen LogP contribution in [0.15, 0.2) is 0 Å². The normalized spacial score (nSPS) is 26.2. The maximum Gasteiger partial charge on any atom is 0.407 e. The van der Waals surface area contributed by atoms with Crippen LogP contribution in [0.2, 0.25) is 0 Å². The van der Waals surface area contributed by atoms with Gasteiger partial charge in [0, 0.05) is 25.0 Å². The molecule has 4 N–H and O–H groups in total. The van der Waals surface area contributed by atoms with Crippen molar-refractivity contribution in [3.05, 3.63) is 0 Å². The van der Waals surface area contributed by atoms with Gasteiger partial charge in [-0.05, 0) is 33.7 Å². The first-order valence-electron chi connectivity index (χ1n) is 5.81. The summed E-state index contributed by atoms with van der Waals surface area (Å²) in [6, 6.07) is 0.163. The van der Waals surface area contributed by atoms with E-state index in [2.05, 4.69) is 10.6 Å². The summed E-state index contributed by atoms with van der Waals surface area (Å²) in [5, 5.41) is 6.02. The quantitative estimate of drug-likeness (QED) is 0.642. The molecule has 94 valence electrons. The molecule has 1 aliphatic rings. The molecule has 0 bridgehead atoms. The molecule has 1 fully saturated rings. The minimum Gasteiger partial charge on any atom is -0.444 e. The lowest BCUT2D eigenvalue weighted by Crippen LogP contribution is -2.49. The molecule has 0 aromatic heterocycles. The first-order chi connectivity index (χ1) is 7.38. The predicted octanol–water partition coefficient (Wildman–Crippen LogP) is 0.448. The first kappa shape index (κ1) is 13.3. The Balaban J connectivity index is 2.25. The molecule has 1 heterocycles. The number of rotatable bonds is 2. The SMILES string of the molecule is CC(C)(C)OC(=O)NC[C@@H]1CNCC[C@@H]1N. The van der Waals surface area contributed by atoms with Crippen molar-refractivity contribution >= 4 is 6.09 Å². The number of nitrogens with two attached hydrogens (primary N) is 1. The molecule has 1 saturated heterocycles. The summed E-state index contributed by atoms with van der Waals surface area (Å²) in [5.41, 5.74) is 5.51. The van der Waals surface area contributed by atoms with Gasteiger partial charge in [0.2, 0.25) is 0 Å². The number of carbonyl (C=O) groups excluding carboxylic acids is 1. The van der Waals surface area contributed by atoms with Crippen molar-refractivity contribution in [2.24, 2.45) is 11.7 Å². The molecule has 0 aromatic rings. The first-order valence-corrected chi connectivity index (χ1v) is 5.81. The molecule has 1 rings (SSSR count). The van der Waals surface area contributed by atoms with Gasteiger partial charge < -0.3 is 21.1 Å². The van der Waals surface area contributed by atoms with E-state index in [0.29, 0.717) is 12.5 Å². The summed E-state index contributed by atoms with van der Waals surface area (Å²) in [4.78, 5) is 11.4. The van der Waals surface area contributed by atoms with Crippen LogP contribution in [-0.2, 0) is 4.74 Å². The van der Waals surface area contributed by atoms with E-state index in [1.54, 1.807) is 0 Å². The van der Waals surface area contributed by atoms with Crippen LogP contribution in [0.5, 0.6) is 0 Å². The van der Waals surface area contributed by atoms with Gasteiger partial charge in [-0.15, -0.1) is 0 Å². The molecule has 0 saturated carbocycles. The molecule has 0 aromatic carbocycles. The van der Waals surface area contributed by atoms with Gasteiger partial charge in [0.15, 0.2) is 0 Å². The minimum atomic E-state index is -0.447. The molecule has 0 unspecified atom stereocenters. The van der Waals surface area contributed by atoms with E-state index in [-0.39, 0.29) is 12.1 Å². The molecule has 1 aliphatic heterocycles. The van der Waals surface area contributed by atoms with Gasteiger partial charge >= 0.3 is 6.09 Å². The van der Waals surface area contributed by atoms with Crippen LogP contribution in [0.4, 0.5) is 4.79 Å². The fourth-order valence-corrected chi connectivity index (χ4v) is 1.70. The lowest BCUT2D eigenvalue weighted by molar-refractivity contribution is 0.0515. The Morgan fingerprint density at radius 1 is 1.56 bits per heavy atom. The predicted molar refractivity (Wildman–Crippen MR) is 63.2 cm³/mol. The Hall–Kier alpha value is -0.810. The van der Waals surface area contributed by atoms with Crippen molar-refractivity contribution in [3.8, 4) is 0 Å². The summed E-state index contributed by atoms with van der Waals surface area (Å²) in [5.74, 6) is 0.293. The van der Waals surface area contributed by atoms with Gasteiger partial charge in [0.1, 0.15) is 5.60 Å². The second-order valence-corrected chi connectivity index (χ2v) is 5.30. The van der Waals surface area contributed by atoms with Crippen LogP contribution in [0.25, 0.3) is 0 Å². The molecule has 0 radical (unpaired) electrons. The van der Waals surface area contributed by atoms with Crippen molar-refractivity contribution in [1.82, 2.24) is 10.6 Å². The van der Waals surface area contributed by atoms with Crippen LogP contribution >= 0.6 is 0 Å². The second-order valence-electron chi connectivity index (χ2n) is 5.30. The zero-order chi connectivity index (χ0) is 12.2. The smallest absolute Gasteiger partial charge is 0.407 e. The van der Waals surface area contributed by atoms with Gasteiger partial charge in [-0.2, -0.15) is 0 Å². The summed E-state index contributed by atoms with van der Waals surface area (Å²) in [6.45, 7) is 7.94. The standard InChI is InChI=1S/C11H23N3O2/c1-11(2,3)16-10(15)14-7-8-6-13-5-4-9(8)12/h8-9,13H,4-7,12H2,1-3H3,(H,14,15)/t8-,9-/m0/s1. The average molecular weight is 229 g/mol. The maximum absolute atomic E-state index is 11.4. The zero-order valence-corrected chi connectivity index (χ0v) is 10.4. The van der Waals surface area contributed by atoms with Crippen LogP contribution in [0.3, 0.4) is 0 Å². The van der Waals surface area contributed by atoms with E-state index < -0.39 is 5.60 Å². The average Bonchev–Trinajstić information content (AvgIpc) is 2.14. The monoisotopic (exact) mass is 229 g/mol. The number of ether oxygens (including phenoxy) is 1. The highest BCUT2D eigenvalue weighted by atomic mass is 16.6. The highest BCUT2D eigenvalue weighted by molar-refractivity contribution is 5.67. The van der Waals surface area contributed by atoms with Gasteiger partial charge in [0.25, 0.3) is 0 Å². The Bertz CT molecular complexity index is 238. The van der Waals surface area contributed by atoms with Gasteiger partial charge in [-0.25, -0.2) is 4.79 Å². The number of hydrogen-bond donors (Lipinski definition) is 3. The number of carbonyl (C=O) groups is 1. The number of amides is 1. The summed E-state index contributed by atoms with van der Waals surface area (Å²) in [7, 11) is 0. The van der Waals surface area contributed by atoms with Crippen molar-refractivity contribution in [2.45, 2.75) is 38.8 Å². The van der Waals surface area contributed by atoms with Crippen LogP contribution in [-0.4, -0.2) is 37.4 Å².